The fraction of sp³-hybridized carbons (Fsp3) is 0.250. The number of aryl methyl sites for hydroxylation is 2. The van der Waals surface area contributed by atoms with Gasteiger partial charge in [-0.25, -0.2) is 0 Å². The summed E-state index contributed by atoms with van der Waals surface area (Å²) in [5.74, 6) is 1.14. The number of benzene rings is 2. The molecule has 0 aliphatic heterocycles. The number of phenolic OH excluding ortho intramolecular Hbond substituents is 1. The normalized spacial score (nSPS) is 10.3. The van der Waals surface area contributed by atoms with Crippen LogP contribution in [-0.2, 0) is 12.8 Å². The first kappa shape index (κ1) is 12.5. The highest BCUT2D eigenvalue weighted by Crippen LogP contribution is 2.24. The van der Waals surface area contributed by atoms with Gasteiger partial charge in [0.05, 0.1) is 7.11 Å². The lowest BCUT2D eigenvalue weighted by Crippen LogP contribution is -1.92. The van der Waals surface area contributed by atoms with E-state index in [1.165, 1.54) is 5.56 Å². The minimum absolute atomic E-state index is 0.351. The van der Waals surface area contributed by atoms with Gasteiger partial charge in [-0.3, -0.25) is 0 Å². The Kier molecular flexibility index (Phi) is 4.24. The zero-order valence-corrected chi connectivity index (χ0v) is 10.6. The van der Waals surface area contributed by atoms with Gasteiger partial charge in [-0.15, -0.1) is 0 Å². The second-order valence-electron chi connectivity index (χ2n) is 4.33. The summed E-state index contributed by atoms with van der Waals surface area (Å²) in [6.45, 7) is 0. The van der Waals surface area contributed by atoms with E-state index in [1.807, 2.05) is 12.1 Å². The van der Waals surface area contributed by atoms with Crippen LogP contribution in [0.1, 0.15) is 17.5 Å². The molecule has 2 aromatic rings. The van der Waals surface area contributed by atoms with E-state index in [2.05, 4.69) is 24.3 Å². The predicted octanol–water partition coefficient (Wildman–Crippen LogP) is 3.58. The van der Waals surface area contributed by atoms with Gasteiger partial charge < -0.3 is 9.84 Å². The van der Waals surface area contributed by atoms with Crippen molar-refractivity contribution >= 4 is 0 Å². The zero-order valence-electron chi connectivity index (χ0n) is 10.6. The third-order valence-corrected chi connectivity index (χ3v) is 3.04. The standard InChI is InChI=1S/C16H18O2/c1-18-15-10-11-16(17)14(12-15)9-5-8-13-6-3-2-4-7-13/h2-4,6-7,10-12,17H,5,8-9H2,1H3. The van der Waals surface area contributed by atoms with E-state index >= 15 is 0 Å². The van der Waals surface area contributed by atoms with Crippen LogP contribution in [-0.4, -0.2) is 12.2 Å². The summed E-state index contributed by atoms with van der Waals surface area (Å²) in [5, 5.41) is 9.77. The van der Waals surface area contributed by atoms with Crippen LogP contribution in [0.4, 0.5) is 0 Å². The van der Waals surface area contributed by atoms with Gasteiger partial charge in [-0.2, -0.15) is 0 Å². The molecule has 0 saturated heterocycles. The molecule has 1 N–H and O–H groups in total. The van der Waals surface area contributed by atoms with Gasteiger partial charge in [0.15, 0.2) is 0 Å². The Hall–Kier alpha value is -1.96. The zero-order chi connectivity index (χ0) is 12.8. The third kappa shape index (κ3) is 3.27. The molecule has 0 spiro atoms. The number of hydrogen-bond donors (Lipinski definition) is 1. The van der Waals surface area contributed by atoms with Gasteiger partial charge in [0, 0.05) is 0 Å². The van der Waals surface area contributed by atoms with Crippen LogP contribution in [0.15, 0.2) is 48.5 Å². The molecule has 0 atom stereocenters. The Morgan fingerprint density at radius 1 is 1.00 bits per heavy atom. The number of hydrogen-bond acceptors (Lipinski definition) is 2. The highest BCUT2D eigenvalue weighted by molar-refractivity contribution is 5.39. The van der Waals surface area contributed by atoms with Gasteiger partial charge in [-0.1, -0.05) is 30.3 Å². The van der Waals surface area contributed by atoms with Gasteiger partial charge >= 0.3 is 0 Å². The largest absolute Gasteiger partial charge is 0.508 e. The highest BCUT2D eigenvalue weighted by atomic mass is 16.5. The summed E-state index contributed by atoms with van der Waals surface area (Å²) in [6.07, 6.45) is 2.90. The number of methoxy groups -OCH3 is 1. The van der Waals surface area contributed by atoms with Crippen LogP contribution < -0.4 is 4.74 Å². The SMILES string of the molecule is COc1ccc(O)c(CCCc2ccccc2)c1. The van der Waals surface area contributed by atoms with E-state index in [0.717, 1.165) is 30.6 Å². The number of phenols is 1. The monoisotopic (exact) mass is 242 g/mol. The molecule has 94 valence electrons. The smallest absolute Gasteiger partial charge is 0.119 e. The predicted molar refractivity (Wildman–Crippen MR) is 73.1 cm³/mol. The molecule has 0 unspecified atom stereocenters. The van der Waals surface area contributed by atoms with Crippen molar-refractivity contribution in [2.24, 2.45) is 0 Å². The molecule has 2 heteroatoms. The van der Waals surface area contributed by atoms with Crippen molar-refractivity contribution in [2.75, 3.05) is 7.11 Å². The van der Waals surface area contributed by atoms with Crippen LogP contribution >= 0.6 is 0 Å². The van der Waals surface area contributed by atoms with Crippen molar-refractivity contribution in [2.45, 2.75) is 19.3 Å². The molecule has 2 nitrogen and oxygen atoms in total. The first-order chi connectivity index (χ1) is 8.79. The minimum atomic E-state index is 0.351. The Bertz CT molecular complexity index is 492. The van der Waals surface area contributed by atoms with E-state index in [1.54, 1.807) is 19.2 Å². The summed E-state index contributed by atoms with van der Waals surface area (Å²) < 4.78 is 5.16. The van der Waals surface area contributed by atoms with E-state index < -0.39 is 0 Å². The van der Waals surface area contributed by atoms with Crippen molar-refractivity contribution in [3.8, 4) is 11.5 Å². The Labute approximate surface area is 108 Å². The first-order valence-corrected chi connectivity index (χ1v) is 6.19. The fourth-order valence-electron chi connectivity index (χ4n) is 2.02. The average Bonchev–Trinajstić information content (AvgIpc) is 2.42. The molecule has 2 aromatic carbocycles. The Morgan fingerprint density at radius 3 is 2.50 bits per heavy atom. The Morgan fingerprint density at radius 2 is 1.78 bits per heavy atom. The molecular formula is C16H18O2. The molecule has 0 radical (unpaired) electrons. The van der Waals surface area contributed by atoms with E-state index in [-0.39, 0.29) is 0 Å². The molecule has 0 aromatic heterocycles. The van der Waals surface area contributed by atoms with Crippen molar-refractivity contribution < 1.29 is 9.84 Å². The average molecular weight is 242 g/mol. The summed E-state index contributed by atoms with van der Waals surface area (Å²) >= 11 is 0. The van der Waals surface area contributed by atoms with Crippen LogP contribution in [0, 0.1) is 0 Å². The highest BCUT2D eigenvalue weighted by Gasteiger charge is 2.03. The maximum atomic E-state index is 9.77. The number of aromatic hydroxyl groups is 1. The van der Waals surface area contributed by atoms with Crippen LogP contribution in [0.25, 0.3) is 0 Å². The van der Waals surface area contributed by atoms with E-state index in [4.69, 9.17) is 4.74 Å². The lowest BCUT2D eigenvalue weighted by molar-refractivity contribution is 0.410. The maximum Gasteiger partial charge on any atom is 0.119 e. The molecule has 0 bridgehead atoms. The van der Waals surface area contributed by atoms with Crippen LogP contribution in [0.3, 0.4) is 0 Å². The van der Waals surface area contributed by atoms with E-state index in [0.29, 0.717) is 5.75 Å². The molecule has 18 heavy (non-hydrogen) atoms. The lowest BCUT2D eigenvalue weighted by Gasteiger charge is -2.07. The molecule has 0 amide bonds. The van der Waals surface area contributed by atoms with Gasteiger partial charge in [-0.05, 0) is 48.6 Å². The van der Waals surface area contributed by atoms with Gasteiger partial charge in [0.1, 0.15) is 11.5 Å². The summed E-state index contributed by atoms with van der Waals surface area (Å²) in [7, 11) is 1.64. The molecule has 0 fully saturated rings. The molecule has 0 heterocycles. The number of rotatable bonds is 5. The summed E-state index contributed by atoms with van der Waals surface area (Å²) in [4.78, 5) is 0. The second kappa shape index (κ2) is 6.10. The van der Waals surface area contributed by atoms with Crippen molar-refractivity contribution in [1.29, 1.82) is 0 Å². The topological polar surface area (TPSA) is 29.5 Å². The van der Waals surface area contributed by atoms with Gasteiger partial charge in [0.2, 0.25) is 0 Å². The van der Waals surface area contributed by atoms with Crippen LogP contribution in [0.5, 0.6) is 11.5 Å². The van der Waals surface area contributed by atoms with Crippen molar-refractivity contribution in [3.63, 3.8) is 0 Å². The third-order valence-electron chi connectivity index (χ3n) is 3.04. The van der Waals surface area contributed by atoms with Crippen molar-refractivity contribution in [1.82, 2.24) is 0 Å². The molecule has 0 aliphatic carbocycles. The van der Waals surface area contributed by atoms with E-state index in [9.17, 15) is 5.11 Å². The summed E-state index contributed by atoms with van der Waals surface area (Å²) in [5.41, 5.74) is 2.28. The lowest BCUT2D eigenvalue weighted by atomic mass is 10.0. The molecule has 0 aliphatic rings. The second-order valence-corrected chi connectivity index (χ2v) is 4.33. The van der Waals surface area contributed by atoms with Crippen molar-refractivity contribution in [3.05, 3.63) is 59.7 Å². The Balaban J connectivity index is 1.94. The molecule has 0 saturated carbocycles. The molecular weight excluding hydrogens is 224 g/mol. The molecule has 2 rings (SSSR count). The maximum absolute atomic E-state index is 9.77. The van der Waals surface area contributed by atoms with Crippen LogP contribution in [0.2, 0.25) is 0 Å². The first-order valence-electron chi connectivity index (χ1n) is 6.19. The minimum Gasteiger partial charge on any atom is -0.508 e. The number of ether oxygens (including phenoxy) is 1. The van der Waals surface area contributed by atoms with Gasteiger partial charge in [0.25, 0.3) is 0 Å². The summed E-state index contributed by atoms with van der Waals surface area (Å²) in [6, 6.07) is 15.8. The quantitative estimate of drug-likeness (QED) is 0.868. The fourth-order valence-corrected chi connectivity index (χ4v) is 2.02.